The summed E-state index contributed by atoms with van der Waals surface area (Å²) in [6.45, 7) is 6.64. The van der Waals surface area contributed by atoms with Crippen LogP contribution in [-0.2, 0) is 4.79 Å². The van der Waals surface area contributed by atoms with Crippen molar-refractivity contribution in [3.05, 3.63) is 29.3 Å². The number of amides is 1. The largest absolute Gasteiger partial charge is 0.396 e. The van der Waals surface area contributed by atoms with E-state index in [-0.39, 0.29) is 12.5 Å². The number of piperidine rings is 1. The van der Waals surface area contributed by atoms with E-state index in [0.717, 1.165) is 43.6 Å². The van der Waals surface area contributed by atoms with Crippen LogP contribution in [0.2, 0.25) is 0 Å². The van der Waals surface area contributed by atoms with Crippen molar-refractivity contribution in [3.8, 4) is 0 Å². The molecular formula is C17H26N2O2. The Labute approximate surface area is 127 Å². The van der Waals surface area contributed by atoms with E-state index in [1.54, 1.807) is 0 Å². The number of carbonyl (C=O) groups is 1. The van der Waals surface area contributed by atoms with Crippen molar-refractivity contribution >= 4 is 11.6 Å². The highest BCUT2D eigenvalue weighted by Gasteiger charge is 2.21. The van der Waals surface area contributed by atoms with Gasteiger partial charge in [0.1, 0.15) is 0 Å². The van der Waals surface area contributed by atoms with Gasteiger partial charge in [-0.05, 0) is 57.2 Å². The zero-order chi connectivity index (χ0) is 15.2. The summed E-state index contributed by atoms with van der Waals surface area (Å²) in [5.41, 5.74) is 3.20. The van der Waals surface area contributed by atoms with E-state index >= 15 is 0 Å². The molecule has 1 aromatic carbocycles. The van der Waals surface area contributed by atoms with Crippen LogP contribution in [0.5, 0.6) is 0 Å². The molecule has 4 nitrogen and oxygen atoms in total. The van der Waals surface area contributed by atoms with Crippen molar-refractivity contribution in [2.45, 2.75) is 33.1 Å². The smallest absolute Gasteiger partial charge is 0.238 e. The molecule has 1 unspecified atom stereocenters. The molecule has 21 heavy (non-hydrogen) atoms. The van der Waals surface area contributed by atoms with Crippen LogP contribution < -0.4 is 5.32 Å². The fraction of sp³-hybridized carbons (Fsp3) is 0.588. The summed E-state index contributed by atoms with van der Waals surface area (Å²) in [6.07, 6.45) is 3.12. The van der Waals surface area contributed by atoms with E-state index in [2.05, 4.69) is 16.3 Å². The van der Waals surface area contributed by atoms with Crippen LogP contribution >= 0.6 is 0 Å². The lowest BCUT2D eigenvalue weighted by atomic mass is 9.95. The van der Waals surface area contributed by atoms with Gasteiger partial charge in [0.25, 0.3) is 0 Å². The molecule has 1 amide bonds. The van der Waals surface area contributed by atoms with Crippen LogP contribution in [-0.4, -0.2) is 42.2 Å². The molecule has 1 aliphatic heterocycles. The molecule has 2 N–H and O–H groups in total. The molecule has 1 atom stereocenters. The van der Waals surface area contributed by atoms with Crippen molar-refractivity contribution in [2.75, 3.05) is 31.6 Å². The second-order valence-corrected chi connectivity index (χ2v) is 6.12. The first-order valence-electron chi connectivity index (χ1n) is 7.79. The van der Waals surface area contributed by atoms with Gasteiger partial charge in [-0.1, -0.05) is 17.7 Å². The number of nitrogens with zero attached hydrogens (tertiary/aromatic N) is 1. The maximum absolute atomic E-state index is 12.2. The highest BCUT2D eigenvalue weighted by Crippen LogP contribution is 2.20. The van der Waals surface area contributed by atoms with Gasteiger partial charge in [-0.2, -0.15) is 0 Å². The number of anilines is 1. The minimum Gasteiger partial charge on any atom is -0.396 e. The number of likely N-dealkylation sites (tertiary alicyclic amines) is 1. The highest BCUT2D eigenvalue weighted by molar-refractivity contribution is 5.93. The quantitative estimate of drug-likeness (QED) is 0.875. The highest BCUT2D eigenvalue weighted by atomic mass is 16.3. The number of nitrogens with one attached hydrogen (secondary N) is 1. The third kappa shape index (κ3) is 4.83. The molecule has 116 valence electrons. The lowest BCUT2D eigenvalue weighted by molar-refractivity contribution is -0.117. The number of carbonyl (C=O) groups excluding carboxylic acids is 1. The number of hydrogen-bond acceptors (Lipinski definition) is 3. The molecule has 1 fully saturated rings. The van der Waals surface area contributed by atoms with E-state index in [4.69, 9.17) is 5.11 Å². The van der Waals surface area contributed by atoms with Gasteiger partial charge < -0.3 is 10.4 Å². The predicted molar refractivity (Wildman–Crippen MR) is 85.4 cm³/mol. The van der Waals surface area contributed by atoms with Gasteiger partial charge in [-0.25, -0.2) is 0 Å². The van der Waals surface area contributed by atoms with Gasteiger partial charge in [-0.3, -0.25) is 9.69 Å². The fourth-order valence-electron chi connectivity index (χ4n) is 3.06. The Hall–Kier alpha value is -1.39. The lowest BCUT2D eigenvalue weighted by Crippen LogP contribution is -2.40. The van der Waals surface area contributed by atoms with E-state index in [0.29, 0.717) is 12.5 Å². The maximum atomic E-state index is 12.2. The molecule has 0 spiro atoms. The average Bonchev–Trinajstić information content (AvgIpc) is 2.43. The van der Waals surface area contributed by atoms with E-state index in [1.807, 2.05) is 26.0 Å². The molecule has 0 saturated carbocycles. The van der Waals surface area contributed by atoms with Gasteiger partial charge in [0.05, 0.1) is 6.54 Å². The molecule has 0 radical (unpaired) electrons. The molecule has 0 aromatic heterocycles. The zero-order valence-corrected chi connectivity index (χ0v) is 13.1. The Kier molecular flexibility index (Phi) is 5.76. The topological polar surface area (TPSA) is 52.6 Å². The van der Waals surface area contributed by atoms with Crippen LogP contribution in [0.4, 0.5) is 5.69 Å². The third-order valence-electron chi connectivity index (χ3n) is 4.16. The third-order valence-corrected chi connectivity index (χ3v) is 4.16. The Morgan fingerprint density at radius 1 is 1.43 bits per heavy atom. The Bertz CT molecular complexity index is 486. The van der Waals surface area contributed by atoms with Crippen LogP contribution in [0.3, 0.4) is 0 Å². The molecule has 1 heterocycles. The van der Waals surface area contributed by atoms with Crippen molar-refractivity contribution < 1.29 is 9.90 Å². The molecule has 1 saturated heterocycles. The summed E-state index contributed by atoms with van der Waals surface area (Å²) in [6, 6.07) is 6.06. The first-order chi connectivity index (χ1) is 10.1. The van der Waals surface area contributed by atoms with Crippen LogP contribution in [0.1, 0.15) is 30.4 Å². The molecule has 4 heteroatoms. The fourth-order valence-corrected chi connectivity index (χ4v) is 3.06. The van der Waals surface area contributed by atoms with Crippen molar-refractivity contribution in [2.24, 2.45) is 5.92 Å². The standard InChI is InChI=1S/C17H26N2O2/c1-13-5-6-16(14(2)10-13)18-17(21)12-19-8-3-4-15(11-19)7-9-20/h5-6,10,15,20H,3-4,7-9,11-12H2,1-2H3,(H,18,21). The van der Waals surface area contributed by atoms with Crippen LogP contribution in [0, 0.1) is 19.8 Å². The second-order valence-electron chi connectivity index (χ2n) is 6.12. The minimum atomic E-state index is 0.0478. The molecular weight excluding hydrogens is 264 g/mol. The lowest BCUT2D eigenvalue weighted by Gasteiger charge is -2.31. The Morgan fingerprint density at radius 3 is 2.95 bits per heavy atom. The van der Waals surface area contributed by atoms with Crippen molar-refractivity contribution in [1.29, 1.82) is 0 Å². The summed E-state index contributed by atoms with van der Waals surface area (Å²) >= 11 is 0. The van der Waals surface area contributed by atoms with E-state index in [1.165, 1.54) is 5.56 Å². The van der Waals surface area contributed by atoms with Gasteiger partial charge in [-0.15, -0.1) is 0 Å². The van der Waals surface area contributed by atoms with Gasteiger partial charge >= 0.3 is 0 Å². The summed E-state index contributed by atoms with van der Waals surface area (Å²) in [7, 11) is 0. The van der Waals surface area contributed by atoms with Crippen LogP contribution in [0.25, 0.3) is 0 Å². The number of rotatable bonds is 5. The number of hydrogen-bond donors (Lipinski definition) is 2. The molecule has 0 bridgehead atoms. The molecule has 1 aromatic rings. The number of aliphatic hydroxyl groups excluding tert-OH is 1. The van der Waals surface area contributed by atoms with Crippen molar-refractivity contribution in [1.82, 2.24) is 4.90 Å². The Morgan fingerprint density at radius 2 is 2.24 bits per heavy atom. The van der Waals surface area contributed by atoms with E-state index in [9.17, 15) is 4.79 Å². The van der Waals surface area contributed by atoms with Gasteiger partial charge in [0.2, 0.25) is 5.91 Å². The van der Waals surface area contributed by atoms with Crippen molar-refractivity contribution in [3.63, 3.8) is 0 Å². The summed E-state index contributed by atoms with van der Waals surface area (Å²) < 4.78 is 0. The molecule has 1 aliphatic rings. The zero-order valence-electron chi connectivity index (χ0n) is 13.1. The maximum Gasteiger partial charge on any atom is 0.238 e. The number of aryl methyl sites for hydroxylation is 2. The second kappa shape index (κ2) is 7.57. The monoisotopic (exact) mass is 290 g/mol. The molecule has 0 aliphatic carbocycles. The normalized spacial score (nSPS) is 19.5. The first kappa shape index (κ1) is 16.0. The summed E-state index contributed by atoms with van der Waals surface area (Å²) in [5.74, 6) is 0.573. The Balaban J connectivity index is 1.86. The van der Waals surface area contributed by atoms with Crippen LogP contribution in [0.15, 0.2) is 18.2 Å². The van der Waals surface area contributed by atoms with Gasteiger partial charge in [0.15, 0.2) is 0 Å². The SMILES string of the molecule is Cc1ccc(NC(=O)CN2CCCC(CCO)C2)c(C)c1. The predicted octanol–water partition coefficient (Wildman–Crippen LogP) is 2.34. The van der Waals surface area contributed by atoms with E-state index < -0.39 is 0 Å². The number of aliphatic hydroxyl groups is 1. The summed E-state index contributed by atoms with van der Waals surface area (Å²) in [5, 5.41) is 12.0. The summed E-state index contributed by atoms with van der Waals surface area (Å²) in [4.78, 5) is 14.4. The number of benzene rings is 1. The average molecular weight is 290 g/mol. The molecule has 2 rings (SSSR count). The van der Waals surface area contributed by atoms with Gasteiger partial charge in [0, 0.05) is 18.8 Å². The minimum absolute atomic E-state index is 0.0478. The first-order valence-corrected chi connectivity index (χ1v) is 7.79.